The third-order valence-electron chi connectivity index (χ3n) is 4.47. The Bertz CT molecular complexity index is 1300. The molecule has 3 aromatic rings. The molecule has 36 heavy (non-hydrogen) atoms. The molecule has 0 spiro atoms. The molecule has 4 N–H and O–H groups in total. The van der Waals surface area contributed by atoms with Gasteiger partial charge in [0.1, 0.15) is 45.8 Å². The lowest BCUT2D eigenvalue weighted by atomic mass is 10.1. The van der Waals surface area contributed by atoms with Gasteiger partial charge in [0.2, 0.25) is 0 Å². The molecular weight excluding hydrogens is 521 g/mol. The van der Waals surface area contributed by atoms with Crippen LogP contribution in [0.1, 0.15) is 16.7 Å². The van der Waals surface area contributed by atoms with Gasteiger partial charge in [-0.3, -0.25) is 0 Å². The third kappa shape index (κ3) is 5.66. The summed E-state index contributed by atoms with van der Waals surface area (Å²) < 4.78 is 158. The summed E-state index contributed by atoms with van der Waals surface area (Å²) in [4.78, 5) is 0. The van der Waals surface area contributed by atoms with Gasteiger partial charge in [-0.1, -0.05) is 0 Å². The maximum absolute atomic E-state index is 13.7. The van der Waals surface area contributed by atoms with Gasteiger partial charge in [-0.15, -0.1) is 0 Å². The molecule has 3 rings (SSSR count). The lowest BCUT2D eigenvalue weighted by Gasteiger charge is -2.20. The second-order valence-electron chi connectivity index (χ2n) is 7.09. The number of nitrogen functional groups attached to an aromatic ring is 2. The number of alkyl halides is 9. The average Bonchev–Trinajstić information content (AvgIpc) is 2.63. The van der Waals surface area contributed by atoms with E-state index in [4.69, 9.17) is 20.9 Å². The fraction of sp³-hybridized carbons (Fsp3) is 0.143. The van der Waals surface area contributed by atoms with Crippen LogP contribution in [0.5, 0.6) is 23.0 Å². The Morgan fingerprint density at radius 2 is 0.972 bits per heavy atom. The molecule has 194 valence electrons. The van der Waals surface area contributed by atoms with E-state index in [0.717, 1.165) is 0 Å². The van der Waals surface area contributed by atoms with E-state index in [2.05, 4.69) is 0 Å². The Morgan fingerprint density at radius 1 is 0.528 bits per heavy atom. The van der Waals surface area contributed by atoms with Crippen molar-refractivity contribution in [2.24, 2.45) is 0 Å². The number of rotatable bonds is 4. The van der Waals surface area contributed by atoms with Gasteiger partial charge >= 0.3 is 18.5 Å². The summed E-state index contributed by atoms with van der Waals surface area (Å²) in [5.41, 5.74) is 2.88. The highest BCUT2D eigenvalue weighted by atomic mass is 19.4. The van der Waals surface area contributed by atoms with E-state index in [1.165, 1.54) is 0 Å². The van der Waals surface area contributed by atoms with Gasteiger partial charge in [-0.05, 0) is 24.3 Å². The number of nitrogens with two attached hydrogens (primary N) is 2. The first-order valence-corrected chi connectivity index (χ1v) is 9.27. The lowest BCUT2D eigenvalue weighted by Crippen LogP contribution is -2.13. The van der Waals surface area contributed by atoms with Crippen LogP contribution in [0.15, 0.2) is 42.5 Å². The van der Waals surface area contributed by atoms with E-state index in [1.54, 1.807) is 0 Å². The summed E-state index contributed by atoms with van der Waals surface area (Å²) >= 11 is 0. The van der Waals surface area contributed by atoms with Gasteiger partial charge in [0.25, 0.3) is 0 Å². The molecule has 0 aliphatic rings. The number of hydrogen-bond donors (Lipinski definition) is 2. The van der Waals surface area contributed by atoms with Crippen molar-refractivity contribution in [3.8, 4) is 23.0 Å². The van der Waals surface area contributed by atoms with Crippen molar-refractivity contribution in [3.63, 3.8) is 0 Å². The number of anilines is 2. The predicted octanol–water partition coefficient (Wildman–Crippen LogP) is 7.77. The molecule has 0 fully saturated rings. The van der Waals surface area contributed by atoms with Crippen molar-refractivity contribution < 1.29 is 57.8 Å². The highest BCUT2D eigenvalue weighted by Gasteiger charge is 2.40. The van der Waals surface area contributed by atoms with Crippen molar-refractivity contribution in [2.75, 3.05) is 11.5 Å². The van der Waals surface area contributed by atoms with E-state index in [0.29, 0.717) is 12.1 Å². The van der Waals surface area contributed by atoms with Gasteiger partial charge in [0.05, 0.1) is 16.9 Å². The molecule has 0 saturated heterocycles. The Balaban J connectivity index is 2.17. The van der Waals surface area contributed by atoms with Gasteiger partial charge in [-0.25, -0.2) is 8.78 Å². The summed E-state index contributed by atoms with van der Waals surface area (Å²) in [6, 6.07) is 1.94. The number of ether oxygens (including phenoxy) is 2. The fourth-order valence-corrected chi connectivity index (χ4v) is 3.10. The predicted molar refractivity (Wildman–Crippen MR) is 103 cm³/mol. The van der Waals surface area contributed by atoms with Gasteiger partial charge in [0, 0.05) is 18.2 Å². The van der Waals surface area contributed by atoms with Crippen molar-refractivity contribution in [3.05, 3.63) is 70.8 Å². The summed E-state index contributed by atoms with van der Waals surface area (Å²) in [7, 11) is 0. The minimum atomic E-state index is -5.29. The van der Waals surface area contributed by atoms with E-state index in [-0.39, 0.29) is 30.3 Å². The zero-order valence-corrected chi connectivity index (χ0v) is 17.2. The molecule has 0 aliphatic heterocycles. The number of hydrogen-bond acceptors (Lipinski definition) is 4. The quantitative estimate of drug-likeness (QED) is 0.266. The maximum atomic E-state index is 13.7. The third-order valence-corrected chi connectivity index (χ3v) is 4.47. The van der Waals surface area contributed by atoms with Crippen LogP contribution in [0.2, 0.25) is 0 Å². The SMILES string of the molecule is Nc1cc(F)cc(Oc2ccc(C(F)(F)F)c(Oc3cc(F)cc(N)c3C(F)(F)F)c2)c1C(F)(F)F. The molecule has 15 heteroatoms. The zero-order chi connectivity index (χ0) is 27.2. The monoisotopic (exact) mass is 532 g/mol. The first kappa shape index (κ1) is 26.7. The van der Waals surface area contributed by atoms with Crippen molar-refractivity contribution in [2.45, 2.75) is 18.5 Å². The Kier molecular flexibility index (Phi) is 6.63. The smallest absolute Gasteiger partial charge is 0.421 e. The normalized spacial score (nSPS) is 12.5. The minimum Gasteiger partial charge on any atom is -0.456 e. The van der Waals surface area contributed by atoms with E-state index >= 15 is 0 Å². The second-order valence-corrected chi connectivity index (χ2v) is 7.09. The first-order chi connectivity index (χ1) is 16.4. The molecule has 0 amide bonds. The molecule has 0 aromatic heterocycles. The first-order valence-electron chi connectivity index (χ1n) is 9.27. The van der Waals surface area contributed by atoms with Crippen molar-refractivity contribution >= 4 is 11.4 Å². The molecule has 0 bridgehead atoms. The fourth-order valence-electron chi connectivity index (χ4n) is 3.10. The lowest BCUT2D eigenvalue weighted by molar-refractivity contribution is -0.139. The highest BCUT2D eigenvalue weighted by Crippen LogP contribution is 2.47. The van der Waals surface area contributed by atoms with Crippen LogP contribution in [0.25, 0.3) is 0 Å². The van der Waals surface area contributed by atoms with Crippen LogP contribution >= 0.6 is 0 Å². The van der Waals surface area contributed by atoms with Gasteiger partial charge in [-0.2, -0.15) is 39.5 Å². The molecule has 0 saturated carbocycles. The summed E-state index contributed by atoms with van der Waals surface area (Å²) in [6.45, 7) is 0. The van der Waals surface area contributed by atoms with E-state index < -0.39 is 81.2 Å². The van der Waals surface area contributed by atoms with E-state index in [1.807, 2.05) is 0 Å². The molecule has 0 atom stereocenters. The number of benzene rings is 3. The Morgan fingerprint density at radius 3 is 1.39 bits per heavy atom. The Hall–Kier alpha value is -3.91. The minimum absolute atomic E-state index is 0.113. The van der Waals surface area contributed by atoms with Gasteiger partial charge in [0.15, 0.2) is 0 Å². The maximum Gasteiger partial charge on any atom is 0.421 e. The van der Waals surface area contributed by atoms with Crippen LogP contribution in [0.3, 0.4) is 0 Å². The van der Waals surface area contributed by atoms with E-state index in [9.17, 15) is 48.3 Å². The Labute approximate surface area is 193 Å². The topological polar surface area (TPSA) is 70.5 Å². The van der Waals surface area contributed by atoms with Crippen molar-refractivity contribution in [1.29, 1.82) is 0 Å². The van der Waals surface area contributed by atoms with Crippen molar-refractivity contribution in [1.82, 2.24) is 0 Å². The van der Waals surface area contributed by atoms with Gasteiger partial charge < -0.3 is 20.9 Å². The molecule has 0 heterocycles. The molecule has 0 aliphatic carbocycles. The van der Waals surface area contributed by atoms with Crippen LogP contribution in [-0.4, -0.2) is 0 Å². The average molecular weight is 532 g/mol. The molecular formula is C21H11F11N2O2. The number of halogens is 11. The molecule has 4 nitrogen and oxygen atoms in total. The standard InChI is InChI=1S/C21H11F11N2O2/c22-8-3-12(33)17(20(27,28)29)15(5-8)35-10-1-2-11(19(24,25)26)14(7-10)36-16-6-9(23)4-13(34)18(16)21(30,31)32/h1-7H,33-34H2. The summed E-state index contributed by atoms with van der Waals surface area (Å²) in [6.07, 6.45) is -15.7. The molecule has 0 radical (unpaired) electrons. The highest BCUT2D eigenvalue weighted by molar-refractivity contribution is 5.59. The summed E-state index contributed by atoms with van der Waals surface area (Å²) in [5, 5.41) is 0. The second kappa shape index (κ2) is 8.95. The van der Waals surface area contributed by atoms with Crippen LogP contribution in [0.4, 0.5) is 59.7 Å². The van der Waals surface area contributed by atoms with Crippen LogP contribution < -0.4 is 20.9 Å². The largest absolute Gasteiger partial charge is 0.456 e. The van der Waals surface area contributed by atoms with Crippen LogP contribution in [-0.2, 0) is 18.5 Å². The summed E-state index contributed by atoms with van der Waals surface area (Å²) in [5.74, 6) is -7.64. The zero-order valence-electron chi connectivity index (χ0n) is 17.2. The van der Waals surface area contributed by atoms with Crippen LogP contribution in [0, 0.1) is 11.6 Å². The molecule has 0 unspecified atom stereocenters. The molecule has 3 aromatic carbocycles.